The topological polar surface area (TPSA) is 48.1 Å². The van der Waals surface area contributed by atoms with E-state index in [1.54, 1.807) is 11.8 Å². The summed E-state index contributed by atoms with van der Waals surface area (Å²) in [5.74, 6) is 0.809. The zero-order chi connectivity index (χ0) is 16.2. The molecule has 0 unspecified atom stereocenters. The van der Waals surface area contributed by atoms with Crippen molar-refractivity contribution in [3.8, 4) is 5.75 Å². The fourth-order valence-electron chi connectivity index (χ4n) is 2.53. The lowest BCUT2D eigenvalue weighted by atomic mass is 10.1. The predicted molar refractivity (Wildman–Crippen MR) is 101 cm³/mol. The molecule has 2 heterocycles. The van der Waals surface area contributed by atoms with Crippen LogP contribution >= 0.6 is 23.4 Å². The number of nitrogens with two attached hydrogens (primary N) is 1. The number of benzene rings is 1. The van der Waals surface area contributed by atoms with Gasteiger partial charge in [-0.3, -0.25) is 0 Å². The minimum Gasteiger partial charge on any atom is -0.493 e. The second kappa shape index (κ2) is 7.28. The highest BCUT2D eigenvalue weighted by molar-refractivity contribution is 8.13. The third-order valence-electron chi connectivity index (χ3n) is 3.60. The van der Waals surface area contributed by atoms with E-state index in [9.17, 15) is 0 Å². The molecule has 1 aromatic heterocycles. The Morgan fingerprint density at radius 2 is 2.09 bits per heavy atom. The maximum atomic E-state index is 6.29. The molecule has 1 aliphatic heterocycles. The number of pyridine rings is 1. The van der Waals surface area contributed by atoms with Crippen LogP contribution in [0.15, 0.2) is 40.8 Å². The highest BCUT2D eigenvalue weighted by Gasteiger charge is 2.13. The molecule has 0 amide bonds. The van der Waals surface area contributed by atoms with Gasteiger partial charge in [0.15, 0.2) is 0 Å². The molecule has 23 heavy (non-hydrogen) atoms. The average Bonchev–Trinajstić information content (AvgIpc) is 2.51. The Kier molecular flexibility index (Phi) is 5.13. The van der Waals surface area contributed by atoms with E-state index >= 15 is 0 Å². The van der Waals surface area contributed by atoms with Crippen LogP contribution in [0.3, 0.4) is 0 Å². The first-order chi connectivity index (χ1) is 11.2. The molecule has 3 nitrogen and oxygen atoms in total. The Balaban J connectivity index is 2.10. The number of allylic oxidation sites excluding steroid dienone is 2. The second-order valence-electron chi connectivity index (χ2n) is 5.32. The van der Waals surface area contributed by atoms with Crippen molar-refractivity contribution in [2.45, 2.75) is 26.2 Å². The van der Waals surface area contributed by atoms with Crippen molar-refractivity contribution in [3.05, 3.63) is 46.5 Å². The zero-order valence-corrected chi connectivity index (χ0v) is 14.6. The van der Waals surface area contributed by atoms with E-state index in [-0.39, 0.29) is 0 Å². The lowest BCUT2D eigenvalue weighted by Gasteiger charge is -2.13. The van der Waals surface area contributed by atoms with Gasteiger partial charge in [-0.25, -0.2) is 4.98 Å². The lowest BCUT2D eigenvalue weighted by molar-refractivity contribution is 0.344. The Morgan fingerprint density at radius 3 is 2.91 bits per heavy atom. The van der Waals surface area contributed by atoms with Crippen molar-refractivity contribution in [2.24, 2.45) is 0 Å². The summed E-state index contributed by atoms with van der Waals surface area (Å²) in [6.07, 6.45) is 7.42. The van der Waals surface area contributed by atoms with E-state index < -0.39 is 0 Å². The van der Waals surface area contributed by atoms with Crippen molar-refractivity contribution in [3.63, 3.8) is 0 Å². The van der Waals surface area contributed by atoms with Gasteiger partial charge in [-0.05, 0) is 44.4 Å². The summed E-state index contributed by atoms with van der Waals surface area (Å²) in [7, 11) is 0. The van der Waals surface area contributed by atoms with Gasteiger partial charge >= 0.3 is 0 Å². The first-order valence-corrected chi connectivity index (χ1v) is 8.94. The average molecular weight is 347 g/mol. The number of rotatable bonds is 3. The maximum Gasteiger partial charge on any atom is 0.130 e. The number of ether oxygens (including phenoxy) is 1. The number of fused-ring (bicyclic) bond motifs is 1. The van der Waals surface area contributed by atoms with Crippen molar-refractivity contribution < 1.29 is 4.74 Å². The van der Waals surface area contributed by atoms with Crippen LogP contribution in [0.2, 0.25) is 0 Å². The molecule has 1 aliphatic rings. The largest absolute Gasteiger partial charge is 0.493 e. The number of nitrogens with zero attached hydrogens (tertiary/aromatic N) is 1. The molecule has 120 valence electrons. The molecule has 0 bridgehead atoms. The Hall–Kier alpha value is -1.65. The van der Waals surface area contributed by atoms with Crippen molar-refractivity contribution >= 4 is 44.9 Å². The highest BCUT2D eigenvalue weighted by Crippen LogP contribution is 2.39. The fourth-order valence-corrected chi connectivity index (χ4v) is 3.71. The Bertz CT molecular complexity index is 786. The molecule has 0 fully saturated rings. The van der Waals surface area contributed by atoms with Crippen LogP contribution in [0, 0.1) is 0 Å². The first kappa shape index (κ1) is 16.2. The summed E-state index contributed by atoms with van der Waals surface area (Å²) >= 11 is 7.84. The summed E-state index contributed by atoms with van der Waals surface area (Å²) in [4.78, 5) is 5.85. The molecule has 2 N–H and O–H groups in total. The zero-order valence-electron chi connectivity index (χ0n) is 13.0. The number of nitrogen functional groups attached to an aromatic ring is 1. The van der Waals surface area contributed by atoms with Crippen LogP contribution in [0.25, 0.3) is 15.8 Å². The van der Waals surface area contributed by atoms with Crippen molar-refractivity contribution in [1.82, 2.24) is 4.98 Å². The van der Waals surface area contributed by atoms with Gasteiger partial charge in [-0.1, -0.05) is 35.5 Å². The van der Waals surface area contributed by atoms with E-state index in [1.807, 2.05) is 31.2 Å². The number of aromatic nitrogens is 1. The van der Waals surface area contributed by atoms with E-state index in [4.69, 9.17) is 27.1 Å². The van der Waals surface area contributed by atoms with E-state index in [0.29, 0.717) is 12.3 Å². The molecular weight excluding hydrogens is 328 g/mol. The number of hydrogen-bond acceptors (Lipinski definition) is 4. The number of halogens is 1. The Morgan fingerprint density at radius 1 is 1.26 bits per heavy atom. The number of thioether (sulfide) groups is 1. The molecule has 0 aliphatic carbocycles. The van der Waals surface area contributed by atoms with Crippen LogP contribution in [0.4, 0.5) is 5.69 Å². The third kappa shape index (κ3) is 3.82. The number of hydrogen-bond donors (Lipinski definition) is 1. The summed E-state index contributed by atoms with van der Waals surface area (Å²) < 4.78 is 6.61. The smallest absolute Gasteiger partial charge is 0.130 e. The monoisotopic (exact) mass is 346 g/mol. The molecule has 0 saturated carbocycles. The molecule has 0 spiro atoms. The summed E-state index contributed by atoms with van der Waals surface area (Å²) in [6, 6.07) is 7.68. The molecule has 0 saturated heterocycles. The van der Waals surface area contributed by atoms with Crippen LogP contribution in [0.5, 0.6) is 5.75 Å². The molecule has 0 radical (unpaired) electrons. The second-order valence-corrected chi connectivity index (χ2v) is 7.04. The molecule has 5 heteroatoms. The van der Waals surface area contributed by atoms with Gasteiger partial charge in [0.05, 0.1) is 22.2 Å². The molecular formula is C18H19ClN2OS. The maximum absolute atomic E-state index is 6.29. The highest BCUT2D eigenvalue weighted by atomic mass is 35.5. The molecule has 1 aromatic carbocycles. The van der Waals surface area contributed by atoms with Crippen LogP contribution in [-0.4, -0.2) is 11.6 Å². The van der Waals surface area contributed by atoms with Gasteiger partial charge in [0.25, 0.3) is 0 Å². The summed E-state index contributed by atoms with van der Waals surface area (Å²) in [6.45, 7) is 2.57. The fraction of sp³-hybridized carbons (Fsp3) is 0.278. The van der Waals surface area contributed by atoms with Crippen LogP contribution in [0.1, 0.15) is 31.9 Å². The standard InChI is InChI=1S/C18H19ClN2OS/c1-2-22-16-11-15(17-6-4-3-5-7-18(19)23-17)21-14-9-8-12(20)10-13(14)16/h6-11H,2-5,20H2,1H3/b17-6-,18-7+. The van der Waals surface area contributed by atoms with Crippen LogP contribution < -0.4 is 10.5 Å². The van der Waals surface area contributed by atoms with Gasteiger partial charge in [0.1, 0.15) is 5.75 Å². The molecule has 2 aromatic rings. The Labute approximate surface area is 145 Å². The SMILES string of the molecule is CCOc1cc(/C2=C/CCC/C=C(\Cl)S2)nc2ccc(N)cc12. The van der Waals surface area contributed by atoms with Gasteiger partial charge in [-0.2, -0.15) is 0 Å². The van der Waals surface area contributed by atoms with Gasteiger partial charge in [-0.15, -0.1) is 0 Å². The van der Waals surface area contributed by atoms with Crippen molar-refractivity contribution in [2.75, 3.05) is 12.3 Å². The summed E-state index contributed by atoms with van der Waals surface area (Å²) in [5.41, 5.74) is 8.38. The quantitative estimate of drug-likeness (QED) is 0.740. The first-order valence-electron chi connectivity index (χ1n) is 7.74. The summed E-state index contributed by atoms with van der Waals surface area (Å²) in [5, 5.41) is 0.939. The lowest BCUT2D eigenvalue weighted by Crippen LogP contribution is -1.98. The molecule has 3 rings (SSSR count). The van der Waals surface area contributed by atoms with E-state index in [1.165, 1.54) is 0 Å². The minimum absolute atomic E-state index is 0.597. The third-order valence-corrected chi connectivity index (χ3v) is 4.94. The molecule has 0 atom stereocenters. The minimum atomic E-state index is 0.597. The van der Waals surface area contributed by atoms with Gasteiger partial charge < -0.3 is 10.5 Å². The van der Waals surface area contributed by atoms with Crippen molar-refractivity contribution in [1.29, 1.82) is 0 Å². The van der Waals surface area contributed by atoms with Crippen LogP contribution in [-0.2, 0) is 0 Å². The van der Waals surface area contributed by atoms with E-state index in [2.05, 4.69) is 12.2 Å². The predicted octanol–water partition coefficient (Wildman–Crippen LogP) is 5.55. The van der Waals surface area contributed by atoms with Gasteiger partial charge in [0.2, 0.25) is 0 Å². The number of anilines is 1. The normalized spacial score (nSPS) is 20.1. The van der Waals surface area contributed by atoms with E-state index in [0.717, 1.165) is 50.9 Å². The van der Waals surface area contributed by atoms with Gasteiger partial charge in [0, 0.05) is 22.0 Å².